The van der Waals surface area contributed by atoms with Crippen molar-refractivity contribution in [1.29, 1.82) is 0 Å². The van der Waals surface area contributed by atoms with Crippen LogP contribution in [0.2, 0.25) is 0 Å². The molecule has 0 aliphatic heterocycles. The average Bonchev–Trinajstić information content (AvgIpc) is 2.70. The minimum Gasteiger partial charge on any atom is -0.464 e. The molecule has 1 aromatic carbocycles. The van der Waals surface area contributed by atoms with E-state index in [1.165, 1.54) is 18.4 Å². The number of hydrogen-bond acceptors (Lipinski definition) is 4. The van der Waals surface area contributed by atoms with Crippen molar-refractivity contribution in [2.75, 3.05) is 7.11 Å². The third-order valence-corrected chi connectivity index (χ3v) is 4.14. The van der Waals surface area contributed by atoms with Gasteiger partial charge in [-0.2, -0.15) is 0 Å². The number of halogens is 1. The number of hydrogen-bond donors (Lipinski definition) is 0. The van der Waals surface area contributed by atoms with E-state index in [4.69, 9.17) is 4.74 Å². The van der Waals surface area contributed by atoms with Crippen LogP contribution < -0.4 is 0 Å². The number of nitrogens with zero attached hydrogens (tertiary/aromatic N) is 1. The fraction of sp³-hybridized carbons (Fsp3) is 0.231. The lowest BCUT2D eigenvalue weighted by Crippen LogP contribution is -2.03. The molecule has 1 heterocycles. The minimum atomic E-state index is -0.401. The van der Waals surface area contributed by atoms with E-state index in [9.17, 15) is 4.79 Å². The van der Waals surface area contributed by atoms with Gasteiger partial charge in [-0.05, 0) is 25.5 Å². The van der Waals surface area contributed by atoms with Gasteiger partial charge in [0, 0.05) is 10.0 Å². The number of aromatic nitrogens is 1. The van der Waals surface area contributed by atoms with Crippen molar-refractivity contribution >= 4 is 33.2 Å². The van der Waals surface area contributed by atoms with Crippen LogP contribution in [0.4, 0.5) is 0 Å². The monoisotopic (exact) mass is 325 g/mol. The third kappa shape index (κ3) is 2.47. The maximum Gasteiger partial charge on any atom is 0.358 e. The Labute approximate surface area is 118 Å². The van der Waals surface area contributed by atoms with Crippen LogP contribution in [0, 0.1) is 13.8 Å². The lowest BCUT2D eigenvalue weighted by molar-refractivity contribution is 0.0595. The summed E-state index contributed by atoms with van der Waals surface area (Å²) < 4.78 is 5.72. The van der Waals surface area contributed by atoms with Crippen molar-refractivity contribution in [3.63, 3.8) is 0 Å². The van der Waals surface area contributed by atoms with E-state index < -0.39 is 5.97 Å². The summed E-state index contributed by atoms with van der Waals surface area (Å²) >= 11 is 5.01. The first kappa shape index (κ1) is 13.2. The molecule has 0 bridgehead atoms. The van der Waals surface area contributed by atoms with Gasteiger partial charge in [0.15, 0.2) is 5.69 Å². The van der Waals surface area contributed by atoms with E-state index in [-0.39, 0.29) is 0 Å². The molecule has 2 rings (SSSR count). The summed E-state index contributed by atoms with van der Waals surface area (Å²) in [5.41, 5.74) is 2.50. The Morgan fingerprint density at radius 2 is 2.11 bits per heavy atom. The summed E-state index contributed by atoms with van der Waals surface area (Å²) in [5, 5.41) is 0.845. The van der Waals surface area contributed by atoms with Gasteiger partial charge in [-0.1, -0.05) is 28.1 Å². The van der Waals surface area contributed by atoms with Crippen LogP contribution in [0.15, 0.2) is 22.7 Å². The molecule has 0 unspecified atom stereocenters. The van der Waals surface area contributed by atoms with Gasteiger partial charge in [0.1, 0.15) is 0 Å². The predicted octanol–water partition coefficient (Wildman–Crippen LogP) is 3.98. The van der Waals surface area contributed by atoms with Crippen LogP contribution in [0.1, 0.15) is 21.1 Å². The molecule has 0 radical (unpaired) electrons. The van der Waals surface area contributed by atoms with Crippen molar-refractivity contribution in [2.45, 2.75) is 13.8 Å². The van der Waals surface area contributed by atoms with E-state index in [1.54, 1.807) is 0 Å². The van der Waals surface area contributed by atoms with Crippen molar-refractivity contribution in [1.82, 2.24) is 4.98 Å². The zero-order valence-electron chi connectivity index (χ0n) is 10.3. The van der Waals surface area contributed by atoms with Gasteiger partial charge >= 0.3 is 5.97 Å². The lowest BCUT2D eigenvalue weighted by Gasteiger charge is -2.04. The largest absolute Gasteiger partial charge is 0.464 e. The molecule has 0 atom stereocenters. The molecule has 0 fully saturated rings. The molecule has 5 heteroatoms. The van der Waals surface area contributed by atoms with Gasteiger partial charge in [0.25, 0.3) is 0 Å². The highest BCUT2D eigenvalue weighted by Gasteiger charge is 2.20. The Balaban J connectivity index is 2.60. The zero-order chi connectivity index (χ0) is 13.3. The first-order valence-corrected chi connectivity index (χ1v) is 6.96. The van der Waals surface area contributed by atoms with Crippen LogP contribution in [0.25, 0.3) is 10.4 Å². The molecule has 18 heavy (non-hydrogen) atoms. The Morgan fingerprint density at radius 1 is 1.39 bits per heavy atom. The van der Waals surface area contributed by atoms with Crippen molar-refractivity contribution in [2.24, 2.45) is 0 Å². The second-order valence-corrected chi connectivity index (χ2v) is 5.94. The first-order valence-electron chi connectivity index (χ1n) is 5.35. The molecular formula is C13H12BrNO2S. The molecule has 0 saturated heterocycles. The molecule has 0 saturated carbocycles. The third-order valence-electron chi connectivity index (χ3n) is 2.48. The van der Waals surface area contributed by atoms with E-state index >= 15 is 0 Å². The topological polar surface area (TPSA) is 39.2 Å². The minimum absolute atomic E-state index is 0.379. The number of rotatable bonds is 2. The lowest BCUT2D eigenvalue weighted by atomic mass is 10.1. The normalized spacial score (nSPS) is 10.4. The Bertz CT molecular complexity index is 607. The highest BCUT2D eigenvalue weighted by Crippen LogP contribution is 2.35. The van der Waals surface area contributed by atoms with Crippen molar-refractivity contribution in [3.05, 3.63) is 38.9 Å². The highest BCUT2D eigenvalue weighted by atomic mass is 79.9. The van der Waals surface area contributed by atoms with Gasteiger partial charge in [0.05, 0.1) is 17.0 Å². The number of thiazole rings is 1. The van der Waals surface area contributed by atoms with Crippen LogP contribution in [-0.4, -0.2) is 18.1 Å². The number of benzene rings is 1. The summed E-state index contributed by atoms with van der Waals surface area (Å²) in [7, 11) is 1.37. The van der Waals surface area contributed by atoms with E-state index in [0.29, 0.717) is 5.69 Å². The number of ether oxygens (including phenoxy) is 1. The van der Waals surface area contributed by atoms with Gasteiger partial charge < -0.3 is 4.74 Å². The standard InChI is InChI=1S/C13H12BrNO2S/c1-7-4-5-9(10(14)6-7)12-11(13(16)17-3)15-8(2)18-12/h4-6H,1-3H3. The molecule has 0 spiro atoms. The Kier molecular flexibility index (Phi) is 3.82. The van der Waals surface area contributed by atoms with Crippen LogP contribution in [0.5, 0.6) is 0 Å². The number of carbonyl (C=O) groups is 1. The molecule has 0 aliphatic rings. The fourth-order valence-corrected chi connectivity index (χ4v) is 3.42. The molecular weight excluding hydrogens is 314 g/mol. The van der Waals surface area contributed by atoms with Gasteiger partial charge in [0.2, 0.25) is 0 Å². The Hall–Kier alpha value is -1.20. The maximum absolute atomic E-state index is 11.7. The highest BCUT2D eigenvalue weighted by molar-refractivity contribution is 9.10. The molecule has 0 N–H and O–H groups in total. The summed E-state index contributed by atoms with van der Waals surface area (Å²) in [6.07, 6.45) is 0. The van der Waals surface area contributed by atoms with Crippen LogP contribution in [0.3, 0.4) is 0 Å². The zero-order valence-corrected chi connectivity index (χ0v) is 12.7. The predicted molar refractivity (Wildman–Crippen MR) is 76.1 cm³/mol. The van der Waals surface area contributed by atoms with E-state index in [2.05, 4.69) is 20.9 Å². The second kappa shape index (κ2) is 5.20. The van der Waals surface area contributed by atoms with Gasteiger partial charge in [-0.15, -0.1) is 11.3 Å². The summed E-state index contributed by atoms with van der Waals surface area (Å²) in [6, 6.07) is 6.01. The molecule has 1 aromatic heterocycles. The number of methoxy groups -OCH3 is 1. The molecule has 0 amide bonds. The smallest absolute Gasteiger partial charge is 0.358 e. The quantitative estimate of drug-likeness (QED) is 0.784. The molecule has 94 valence electrons. The second-order valence-electron chi connectivity index (χ2n) is 3.89. The summed E-state index contributed by atoms with van der Waals surface area (Å²) in [5.74, 6) is -0.401. The first-order chi connectivity index (χ1) is 8.52. The number of esters is 1. The van der Waals surface area contributed by atoms with Crippen LogP contribution in [-0.2, 0) is 4.74 Å². The van der Waals surface area contributed by atoms with Gasteiger partial charge in [-0.3, -0.25) is 0 Å². The molecule has 2 aromatic rings. The number of aryl methyl sites for hydroxylation is 2. The summed E-state index contributed by atoms with van der Waals surface area (Å²) in [6.45, 7) is 3.90. The average molecular weight is 326 g/mol. The van der Waals surface area contributed by atoms with Crippen LogP contribution >= 0.6 is 27.3 Å². The molecule has 3 nitrogen and oxygen atoms in total. The molecule has 0 aliphatic carbocycles. The van der Waals surface area contributed by atoms with Crippen molar-refractivity contribution in [3.8, 4) is 10.4 Å². The number of carbonyl (C=O) groups excluding carboxylic acids is 1. The SMILES string of the molecule is COC(=O)c1nc(C)sc1-c1ccc(C)cc1Br. The Morgan fingerprint density at radius 3 is 2.72 bits per heavy atom. The maximum atomic E-state index is 11.7. The van der Waals surface area contributed by atoms with E-state index in [1.807, 2.05) is 32.0 Å². The fourth-order valence-electron chi connectivity index (χ4n) is 1.65. The van der Waals surface area contributed by atoms with E-state index in [0.717, 1.165) is 25.5 Å². The summed E-state index contributed by atoms with van der Waals surface area (Å²) in [4.78, 5) is 16.8. The van der Waals surface area contributed by atoms with Gasteiger partial charge in [-0.25, -0.2) is 9.78 Å². The van der Waals surface area contributed by atoms with Crippen molar-refractivity contribution < 1.29 is 9.53 Å².